The van der Waals surface area contributed by atoms with Crippen LogP contribution in [0.2, 0.25) is 0 Å². The first-order valence-electron chi connectivity index (χ1n) is 6.94. The van der Waals surface area contributed by atoms with E-state index < -0.39 is 0 Å². The molecule has 1 aliphatic rings. The number of thioether (sulfide) groups is 1. The van der Waals surface area contributed by atoms with Crippen LogP contribution in [0.15, 0.2) is 24.5 Å². The first kappa shape index (κ1) is 13.5. The number of pyridine rings is 1. The van der Waals surface area contributed by atoms with E-state index in [4.69, 9.17) is 4.74 Å². The van der Waals surface area contributed by atoms with Crippen LogP contribution in [0.1, 0.15) is 35.4 Å². The van der Waals surface area contributed by atoms with Gasteiger partial charge in [-0.1, -0.05) is 6.42 Å². The molecular formula is C15H18N2O2S. The summed E-state index contributed by atoms with van der Waals surface area (Å²) in [7, 11) is 1.40. The minimum absolute atomic E-state index is 0.307. The molecule has 1 fully saturated rings. The Morgan fingerprint density at radius 3 is 3.20 bits per heavy atom. The third-order valence-corrected chi connectivity index (χ3v) is 5.11. The molecule has 2 aromatic rings. The number of hydrogen-bond acceptors (Lipinski definition) is 4. The predicted octanol–water partition coefficient (Wildman–Crippen LogP) is 2.95. The van der Waals surface area contributed by atoms with Gasteiger partial charge in [-0.2, -0.15) is 11.8 Å². The average molecular weight is 290 g/mol. The monoisotopic (exact) mass is 290 g/mol. The molecule has 0 spiro atoms. The van der Waals surface area contributed by atoms with E-state index in [-0.39, 0.29) is 5.97 Å². The number of imidazole rings is 1. The minimum atomic E-state index is -0.307. The molecule has 2 aromatic heterocycles. The zero-order valence-electron chi connectivity index (χ0n) is 11.5. The fourth-order valence-electron chi connectivity index (χ4n) is 2.62. The van der Waals surface area contributed by atoms with Gasteiger partial charge in [0.1, 0.15) is 5.82 Å². The quantitative estimate of drug-likeness (QED) is 0.815. The van der Waals surface area contributed by atoms with E-state index in [2.05, 4.69) is 21.1 Å². The molecule has 106 valence electrons. The Morgan fingerprint density at radius 2 is 2.45 bits per heavy atom. The number of ether oxygens (including phenoxy) is 1. The number of carbonyl (C=O) groups excluding carboxylic acids is 1. The molecule has 3 rings (SSSR count). The normalized spacial score (nSPS) is 19.1. The lowest BCUT2D eigenvalue weighted by atomic mass is 10.1. The van der Waals surface area contributed by atoms with Gasteiger partial charge in [-0.15, -0.1) is 0 Å². The molecule has 3 heterocycles. The van der Waals surface area contributed by atoms with Gasteiger partial charge in [-0.25, -0.2) is 9.78 Å². The van der Waals surface area contributed by atoms with Crippen LogP contribution in [0, 0.1) is 0 Å². The van der Waals surface area contributed by atoms with Crippen LogP contribution in [-0.2, 0) is 11.2 Å². The predicted molar refractivity (Wildman–Crippen MR) is 80.3 cm³/mol. The molecule has 1 saturated heterocycles. The van der Waals surface area contributed by atoms with E-state index in [0.717, 1.165) is 17.8 Å². The number of rotatable bonds is 3. The Morgan fingerprint density at radius 1 is 1.55 bits per heavy atom. The molecule has 5 heteroatoms. The Labute approximate surface area is 122 Å². The van der Waals surface area contributed by atoms with Crippen molar-refractivity contribution in [3.63, 3.8) is 0 Å². The van der Waals surface area contributed by atoms with E-state index in [9.17, 15) is 4.79 Å². The molecule has 0 radical (unpaired) electrons. The first-order chi connectivity index (χ1) is 9.78. The van der Waals surface area contributed by atoms with Crippen LogP contribution in [0.3, 0.4) is 0 Å². The number of nitrogens with zero attached hydrogens (tertiary/aromatic N) is 2. The van der Waals surface area contributed by atoms with E-state index in [0.29, 0.717) is 10.8 Å². The number of hydrogen-bond donors (Lipinski definition) is 0. The summed E-state index contributed by atoms with van der Waals surface area (Å²) in [6.45, 7) is 0. The lowest BCUT2D eigenvalue weighted by Crippen LogP contribution is -2.14. The molecule has 0 saturated carbocycles. The van der Waals surface area contributed by atoms with Crippen LogP contribution in [0.25, 0.3) is 5.52 Å². The van der Waals surface area contributed by atoms with Gasteiger partial charge in [0.15, 0.2) is 0 Å². The maximum Gasteiger partial charge on any atom is 0.337 e. The van der Waals surface area contributed by atoms with Crippen LogP contribution in [-0.4, -0.2) is 33.5 Å². The summed E-state index contributed by atoms with van der Waals surface area (Å²) >= 11 is 2.05. The summed E-state index contributed by atoms with van der Waals surface area (Å²) in [5.74, 6) is 2.04. The molecule has 1 unspecified atom stereocenters. The largest absolute Gasteiger partial charge is 0.465 e. The van der Waals surface area contributed by atoms with E-state index in [1.807, 2.05) is 18.5 Å². The SMILES string of the molecule is COC(=O)c1ccn2c(CC3CCCCS3)ncc2c1. The summed E-state index contributed by atoms with van der Waals surface area (Å²) in [6.07, 6.45) is 8.68. The van der Waals surface area contributed by atoms with Crippen molar-refractivity contribution in [2.45, 2.75) is 30.9 Å². The van der Waals surface area contributed by atoms with Crippen molar-refractivity contribution in [2.24, 2.45) is 0 Å². The summed E-state index contributed by atoms with van der Waals surface area (Å²) in [5.41, 5.74) is 1.52. The maximum atomic E-state index is 11.5. The van der Waals surface area contributed by atoms with Crippen LogP contribution in [0.4, 0.5) is 0 Å². The van der Waals surface area contributed by atoms with Gasteiger partial charge in [-0.3, -0.25) is 0 Å². The Kier molecular flexibility index (Phi) is 3.96. The highest BCUT2D eigenvalue weighted by Crippen LogP contribution is 2.27. The minimum Gasteiger partial charge on any atom is -0.465 e. The van der Waals surface area contributed by atoms with E-state index >= 15 is 0 Å². The van der Waals surface area contributed by atoms with Crippen LogP contribution >= 0.6 is 11.8 Å². The molecule has 0 aromatic carbocycles. The Hall–Kier alpha value is -1.49. The van der Waals surface area contributed by atoms with Crippen molar-refractivity contribution in [3.8, 4) is 0 Å². The van der Waals surface area contributed by atoms with E-state index in [1.165, 1.54) is 32.1 Å². The fraction of sp³-hybridized carbons (Fsp3) is 0.467. The van der Waals surface area contributed by atoms with Crippen molar-refractivity contribution in [2.75, 3.05) is 12.9 Å². The molecule has 0 bridgehead atoms. The molecule has 0 amide bonds. The Bertz CT molecular complexity index is 617. The standard InChI is InChI=1S/C15H18N2O2S/c1-19-15(18)11-5-6-17-12(8-11)10-16-14(17)9-13-4-2-3-7-20-13/h5-6,8,10,13H,2-4,7,9H2,1H3. The number of methoxy groups -OCH3 is 1. The molecular weight excluding hydrogens is 272 g/mol. The highest BCUT2D eigenvalue weighted by molar-refractivity contribution is 7.99. The van der Waals surface area contributed by atoms with Gasteiger partial charge < -0.3 is 9.14 Å². The number of carbonyl (C=O) groups is 1. The molecule has 0 aliphatic carbocycles. The van der Waals surface area contributed by atoms with Gasteiger partial charge in [0.2, 0.25) is 0 Å². The molecule has 1 atom stereocenters. The maximum absolute atomic E-state index is 11.5. The zero-order valence-corrected chi connectivity index (χ0v) is 12.4. The lowest BCUT2D eigenvalue weighted by molar-refractivity contribution is 0.0600. The number of fused-ring (bicyclic) bond motifs is 1. The first-order valence-corrected chi connectivity index (χ1v) is 7.98. The molecule has 4 nitrogen and oxygen atoms in total. The number of aromatic nitrogens is 2. The van der Waals surface area contributed by atoms with Crippen LogP contribution in [0.5, 0.6) is 0 Å². The molecule has 20 heavy (non-hydrogen) atoms. The van der Waals surface area contributed by atoms with Crippen molar-refractivity contribution in [1.82, 2.24) is 9.38 Å². The third-order valence-electron chi connectivity index (χ3n) is 3.71. The van der Waals surface area contributed by atoms with Crippen molar-refractivity contribution < 1.29 is 9.53 Å². The van der Waals surface area contributed by atoms with Gasteiger partial charge in [0.25, 0.3) is 0 Å². The highest BCUT2D eigenvalue weighted by Gasteiger charge is 2.17. The summed E-state index contributed by atoms with van der Waals surface area (Å²) in [4.78, 5) is 16.0. The second kappa shape index (κ2) is 5.87. The second-order valence-corrected chi connectivity index (χ2v) is 6.48. The highest BCUT2D eigenvalue weighted by atomic mass is 32.2. The molecule has 0 N–H and O–H groups in total. The van der Waals surface area contributed by atoms with Gasteiger partial charge in [-0.05, 0) is 30.7 Å². The Balaban J connectivity index is 1.84. The second-order valence-electron chi connectivity index (χ2n) is 5.07. The summed E-state index contributed by atoms with van der Waals surface area (Å²) < 4.78 is 6.81. The van der Waals surface area contributed by atoms with E-state index in [1.54, 1.807) is 6.07 Å². The van der Waals surface area contributed by atoms with Gasteiger partial charge >= 0.3 is 5.97 Å². The van der Waals surface area contributed by atoms with Gasteiger partial charge in [0, 0.05) is 17.9 Å². The summed E-state index contributed by atoms with van der Waals surface area (Å²) in [5, 5.41) is 0.676. The fourth-order valence-corrected chi connectivity index (χ4v) is 3.93. The third kappa shape index (κ3) is 2.68. The van der Waals surface area contributed by atoms with Crippen molar-refractivity contribution in [1.29, 1.82) is 0 Å². The number of esters is 1. The van der Waals surface area contributed by atoms with Crippen LogP contribution < -0.4 is 0 Å². The molecule has 1 aliphatic heterocycles. The summed E-state index contributed by atoms with van der Waals surface area (Å²) in [6, 6.07) is 3.62. The average Bonchev–Trinajstić information content (AvgIpc) is 2.90. The zero-order chi connectivity index (χ0) is 13.9. The van der Waals surface area contributed by atoms with Crippen molar-refractivity contribution >= 4 is 23.2 Å². The smallest absolute Gasteiger partial charge is 0.337 e. The lowest BCUT2D eigenvalue weighted by Gasteiger charge is -2.20. The van der Waals surface area contributed by atoms with Crippen molar-refractivity contribution in [3.05, 3.63) is 35.9 Å². The van der Waals surface area contributed by atoms with Gasteiger partial charge in [0.05, 0.1) is 24.4 Å². The topological polar surface area (TPSA) is 43.6 Å².